The zero-order valence-electron chi connectivity index (χ0n) is 14.5. The van der Waals surface area contributed by atoms with Crippen LogP contribution in [0.4, 0.5) is 0 Å². The maximum Gasteiger partial charge on any atom is 0.272 e. The average Bonchev–Trinajstić information content (AvgIpc) is 3.23. The minimum absolute atomic E-state index is 0.0587. The molecule has 0 radical (unpaired) electrons. The summed E-state index contributed by atoms with van der Waals surface area (Å²) < 4.78 is 1.80. The fraction of sp³-hybridized carbons (Fsp3) is 0.611. The van der Waals surface area contributed by atoms with Crippen molar-refractivity contribution in [3.05, 3.63) is 29.2 Å². The van der Waals surface area contributed by atoms with Crippen LogP contribution in [0.3, 0.4) is 0 Å². The summed E-state index contributed by atoms with van der Waals surface area (Å²) in [6.07, 6.45) is 4.88. The highest BCUT2D eigenvalue weighted by Crippen LogP contribution is 2.22. The van der Waals surface area contributed by atoms with Gasteiger partial charge >= 0.3 is 0 Å². The molecule has 2 fully saturated rings. The summed E-state index contributed by atoms with van der Waals surface area (Å²) in [4.78, 5) is 22.1. The second kappa shape index (κ2) is 6.16. The van der Waals surface area contributed by atoms with Crippen LogP contribution in [-0.2, 0) is 0 Å². The number of piperidine rings is 1. The fourth-order valence-electron chi connectivity index (χ4n) is 4.06. The maximum absolute atomic E-state index is 13.0. The van der Waals surface area contributed by atoms with Gasteiger partial charge in [0.25, 0.3) is 5.91 Å². The van der Waals surface area contributed by atoms with Crippen LogP contribution in [0.25, 0.3) is 5.65 Å². The third-order valence-electron chi connectivity index (χ3n) is 5.29. The summed E-state index contributed by atoms with van der Waals surface area (Å²) in [5.41, 5.74) is 3.16. The highest BCUT2D eigenvalue weighted by Gasteiger charge is 2.30. The molecule has 2 aromatic rings. The lowest BCUT2D eigenvalue weighted by atomic mass is 10.0. The van der Waals surface area contributed by atoms with Gasteiger partial charge in [-0.05, 0) is 58.7 Å². The SMILES string of the molecule is Cc1cc2nc(C(=O)N3CCC[C@@H](N4CCCC4)C3)cc(C)n2n1. The Morgan fingerprint density at radius 3 is 2.71 bits per heavy atom. The van der Waals surface area contributed by atoms with Gasteiger partial charge in [0.1, 0.15) is 5.69 Å². The summed E-state index contributed by atoms with van der Waals surface area (Å²) >= 11 is 0. The highest BCUT2D eigenvalue weighted by molar-refractivity contribution is 5.93. The van der Waals surface area contributed by atoms with Crippen LogP contribution >= 0.6 is 0 Å². The van der Waals surface area contributed by atoms with Crippen molar-refractivity contribution < 1.29 is 4.79 Å². The molecule has 0 saturated carbocycles. The number of fused-ring (bicyclic) bond motifs is 1. The van der Waals surface area contributed by atoms with Crippen molar-refractivity contribution in [2.45, 2.75) is 45.6 Å². The van der Waals surface area contributed by atoms with Crippen LogP contribution in [0.5, 0.6) is 0 Å². The number of aryl methyl sites for hydroxylation is 2. The van der Waals surface area contributed by atoms with Crippen LogP contribution in [0.2, 0.25) is 0 Å². The number of amides is 1. The second-order valence-corrected chi connectivity index (χ2v) is 7.13. The smallest absolute Gasteiger partial charge is 0.272 e. The van der Waals surface area contributed by atoms with E-state index in [1.54, 1.807) is 4.52 Å². The van der Waals surface area contributed by atoms with E-state index in [2.05, 4.69) is 15.0 Å². The zero-order chi connectivity index (χ0) is 16.7. The average molecular weight is 327 g/mol. The Balaban J connectivity index is 1.56. The Bertz CT molecular complexity index is 762. The first kappa shape index (κ1) is 15.6. The van der Waals surface area contributed by atoms with Gasteiger partial charge in [-0.1, -0.05) is 0 Å². The van der Waals surface area contributed by atoms with Crippen molar-refractivity contribution in [2.75, 3.05) is 26.2 Å². The van der Waals surface area contributed by atoms with E-state index in [9.17, 15) is 4.79 Å². The molecule has 4 heterocycles. The summed E-state index contributed by atoms with van der Waals surface area (Å²) in [5, 5.41) is 4.41. The summed E-state index contributed by atoms with van der Waals surface area (Å²) in [7, 11) is 0. The van der Waals surface area contributed by atoms with Crippen molar-refractivity contribution in [3.63, 3.8) is 0 Å². The van der Waals surface area contributed by atoms with Crippen molar-refractivity contribution in [2.24, 2.45) is 0 Å². The first-order valence-electron chi connectivity index (χ1n) is 8.99. The van der Waals surface area contributed by atoms with E-state index in [1.165, 1.54) is 32.4 Å². The minimum Gasteiger partial charge on any atom is -0.336 e. The molecular formula is C18H25N5O. The number of hydrogen-bond acceptors (Lipinski definition) is 4. The van der Waals surface area contributed by atoms with E-state index in [0.29, 0.717) is 11.7 Å². The quantitative estimate of drug-likeness (QED) is 0.847. The maximum atomic E-state index is 13.0. The number of hydrogen-bond donors (Lipinski definition) is 0. The van der Waals surface area contributed by atoms with Crippen molar-refractivity contribution in [1.29, 1.82) is 0 Å². The van der Waals surface area contributed by atoms with Gasteiger partial charge in [0.05, 0.1) is 5.69 Å². The third kappa shape index (κ3) is 2.79. The van der Waals surface area contributed by atoms with Gasteiger partial charge in [0.2, 0.25) is 0 Å². The van der Waals surface area contributed by atoms with E-state index in [4.69, 9.17) is 0 Å². The summed E-state index contributed by atoms with van der Waals surface area (Å²) in [6, 6.07) is 4.31. The Labute approximate surface area is 142 Å². The van der Waals surface area contributed by atoms with E-state index in [0.717, 1.165) is 36.5 Å². The van der Waals surface area contributed by atoms with Crippen LogP contribution in [0.1, 0.15) is 47.6 Å². The number of rotatable bonds is 2. The number of likely N-dealkylation sites (tertiary alicyclic amines) is 2. The van der Waals surface area contributed by atoms with Gasteiger partial charge in [-0.2, -0.15) is 5.10 Å². The Morgan fingerprint density at radius 2 is 1.92 bits per heavy atom. The first-order valence-corrected chi connectivity index (χ1v) is 8.99. The molecule has 2 aliphatic rings. The Hall–Kier alpha value is -1.95. The second-order valence-electron chi connectivity index (χ2n) is 7.13. The predicted molar refractivity (Wildman–Crippen MR) is 92.2 cm³/mol. The standard InChI is InChI=1S/C18H25N5O/c1-13-10-17-19-16(11-14(2)23(17)20-13)18(24)22-9-5-6-15(12-22)21-7-3-4-8-21/h10-11,15H,3-9,12H2,1-2H3/t15-/m1/s1. The largest absolute Gasteiger partial charge is 0.336 e. The van der Waals surface area contributed by atoms with Crippen molar-refractivity contribution >= 4 is 11.6 Å². The molecule has 6 heteroatoms. The van der Waals surface area contributed by atoms with Crippen molar-refractivity contribution in [1.82, 2.24) is 24.4 Å². The van der Waals surface area contributed by atoms with Crippen LogP contribution in [-0.4, -0.2) is 62.5 Å². The van der Waals surface area contributed by atoms with E-state index in [-0.39, 0.29) is 5.91 Å². The minimum atomic E-state index is 0.0587. The first-order chi connectivity index (χ1) is 11.6. The molecule has 0 bridgehead atoms. The molecule has 2 aromatic heterocycles. The summed E-state index contributed by atoms with van der Waals surface area (Å²) in [5.74, 6) is 0.0587. The lowest BCUT2D eigenvalue weighted by Crippen LogP contribution is -2.49. The summed E-state index contributed by atoms with van der Waals surface area (Å²) in [6.45, 7) is 7.97. The van der Waals surface area contributed by atoms with Gasteiger partial charge in [-0.25, -0.2) is 9.50 Å². The number of carbonyl (C=O) groups is 1. The van der Waals surface area contributed by atoms with Gasteiger partial charge in [-0.15, -0.1) is 0 Å². The number of nitrogens with zero attached hydrogens (tertiary/aromatic N) is 5. The predicted octanol–water partition coefficient (Wildman–Crippen LogP) is 2.05. The number of aromatic nitrogens is 3. The normalized spacial score (nSPS) is 22.4. The Kier molecular flexibility index (Phi) is 4.00. The molecular weight excluding hydrogens is 302 g/mol. The van der Waals surface area contributed by atoms with Gasteiger partial charge in [0.15, 0.2) is 5.65 Å². The number of carbonyl (C=O) groups excluding carboxylic acids is 1. The molecule has 6 nitrogen and oxygen atoms in total. The van der Waals surface area contributed by atoms with E-state index in [1.807, 2.05) is 30.9 Å². The lowest BCUT2D eigenvalue weighted by Gasteiger charge is -2.37. The molecule has 24 heavy (non-hydrogen) atoms. The van der Waals surface area contributed by atoms with E-state index < -0.39 is 0 Å². The molecule has 2 saturated heterocycles. The molecule has 0 N–H and O–H groups in total. The van der Waals surface area contributed by atoms with Crippen LogP contribution in [0, 0.1) is 13.8 Å². The molecule has 0 aliphatic carbocycles. The third-order valence-corrected chi connectivity index (χ3v) is 5.29. The molecule has 2 aliphatic heterocycles. The molecule has 4 rings (SSSR count). The molecule has 1 amide bonds. The van der Waals surface area contributed by atoms with Gasteiger partial charge in [0, 0.05) is 30.9 Å². The molecule has 0 unspecified atom stereocenters. The molecule has 0 spiro atoms. The zero-order valence-corrected chi connectivity index (χ0v) is 14.5. The molecule has 1 atom stereocenters. The van der Waals surface area contributed by atoms with Crippen molar-refractivity contribution in [3.8, 4) is 0 Å². The monoisotopic (exact) mass is 327 g/mol. The fourth-order valence-corrected chi connectivity index (χ4v) is 4.06. The van der Waals surface area contributed by atoms with Crippen LogP contribution < -0.4 is 0 Å². The van der Waals surface area contributed by atoms with Gasteiger partial charge in [-0.3, -0.25) is 9.69 Å². The molecule has 128 valence electrons. The Morgan fingerprint density at radius 1 is 1.12 bits per heavy atom. The lowest BCUT2D eigenvalue weighted by molar-refractivity contribution is 0.0602. The van der Waals surface area contributed by atoms with Gasteiger partial charge < -0.3 is 4.90 Å². The highest BCUT2D eigenvalue weighted by atomic mass is 16.2. The van der Waals surface area contributed by atoms with Crippen LogP contribution in [0.15, 0.2) is 12.1 Å². The topological polar surface area (TPSA) is 53.7 Å². The molecule has 0 aromatic carbocycles. The van der Waals surface area contributed by atoms with E-state index >= 15 is 0 Å².